The number of aromatic nitrogens is 4. The van der Waals surface area contributed by atoms with E-state index in [1.807, 2.05) is 0 Å². The van der Waals surface area contributed by atoms with E-state index in [4.69, 9.17) is 0 Å². The second-order valence-electron chi connectivity index (χ2n) is 7.57. The van der Waals surface area contributed by atoms with E-state index in [-0.39, 0.29) is 5.56 Å². The second-order valence-corrected chi connectivity index (χ2v) is 7.57. The monoisotopic (exact) mass is 390 g/mol. The minimum absolute atomic E-state index is 0.256. The molecule has 7 heteroatoms. The van der Waals surface area contributed by atoms with Gasteiger partial charge in [-0.3, -0.25) is 14.9 Å². The van der Waals surface area contributed by atoms with E-state index >= 15 is 4.39 Å². The van der Waals surface area contributed by atoms with Gasteiger partial charge >= 0.3 is 0 Å². The third kappa shape index (κ3) is 2.69. The molecule has 6 nitrogen and oxygen atoms in total. The molecular weight excluding hydrogens is 371 g/mol. The van der Waals surface area contributed by atoms with E-state index < -0.39 is 11.4 Å². The van der Waals surface area contributed by atoms with Gasteiger partial charge in [-0.15, -0.1) is 0 Å². The number of benzene rings is 1. The summed E-state index contributed by atoms with van der Waals surface area (Å²) in [6, 6.07) is 10.1. The highest BCUT2D eigenvalue weighted by Gasteiger charge is 2.36. The van der Waals surface area contributed by atoms with E-state index in [9.17, 15) is 9.90 Å². The normalized spacial score (nSPS) is 15.4. The predicted molar refractivity (Wildman–Crippen MR) is 108 cm³/mol. The Kier molecular flexibility index (Phi) is 3.89. The smallest absolute Gasteiger partial charge is 0.260 e. The van der Waals surface area contributed by atoms with Gasteiger partial charge in [-0.2, -0.15) is 5.10 Å². The lowest BCUT2D eigenvalue weighted by atomic mass is 9.76. The van der Waals surface area contributed by atoms with Crippen LogP contribution in [0.5, 0.6) is 0 Å². The molecule has 3 aromatic heterocycles. The van der Waals surface area contributed by atoms with Crippen molar-refractivity contribution in [1.82, 2.24) is 19.7 Å². The molecule has 29 heavy (non-hydrogen) atoms. The molecule has 1 aromatic carbocycles. The number of nitrogens with zero attached hydrogens (tertiary/aromatic N) is 3. The maximum atomic E-state index is 15.3. The highest BCUT2D eigenvalue weighted by molar-refractivity contribution is 5.88. The maximum Gasteiger partial charge on any atom is 0.260 e. The largest absolute Gasteiger partial charge is 0.385 e. The first-order valence-electron chi connectivity index (χ1n) is 9.49. The van der Waals surface area contributed by atoms with Gasteiger partial charge < -0.3 is 9.67 Å². The van der Waals surface area contributed by atoms with Gasteiger partial charge in [0.25, 0.3) is 5.56 Å². The van der Waals surface area contributed by atoms with E-state index in [2.05, 4.69) is 15.2 Å². The van der Waals surface area contributed by atoms with E-state index in [1.54, 1.807) is 55.8 Å². The molecule has 0 saturated heterocycles. The SMILES string of the molecule is Cn1c(=O)c(-c2ccc(C3(O)CCC3)cn2)cc2c(F)c(-c3ccn[nH]3)ccc21. The first-order valence-corrected chi connectivity index (χ1v) is 9.49. The summed E-state index contributed by atoms with van der Waals surface area (Å²) in [4.78, 5) is 17.3. The Labute approximate surface area is 165 Å². The van der Waals surface area contributed by atoms with Crippen molar-refractivity contribution in [2.75, 3.05) is 0 Å². The third-order valence-corrected chi connectivity index (χ3v) is 5.89. The molecular formula is C22H19FN4O2. The number of hydrogen-bond acceptors (Lipinski definition) is 4. The quantitative estimate of drug-likeness (QED) is 0.561. The molecule has 0 atom stereocenters. The zero-order chi connectivity index (χ0) is 20.2. The molecule has 0 amide bonds. The standard InChI is InChI=1S/C22H19FN4O2/c1-27-19-6-4-14(18-7-10-25-26-18)20(23)16(19)11-15(21(27)28)17-5-3-13(12-24-17)22(29)8-2-9-22/h3-7,10-12,29H,2,8-9H2,1H3,(H,25,26). The molecule has 0 bridgehead atoms. The molecule has 0 spiro atoms. The van der Waals surface area contributed by atoms with E-state index in [0.717, 1.165) is 12.0 Å². The summed E-state index contributed by atoms with van der Waals surface area (Å²) in [6.45, 7) is 0. The van der Waals surface area contributed by atoms with Gasteiger partial charge in [0.15, 0.2) is 0 Å². The number of nitrogens with one attached hydrogen (secondary N) is 1. The fourth-order valence-corrected chi connectivity index (χ4v) is 3.93. The number of H-pyrrole nitrogens is 1. The van der Waals surface area contributed by atoms with Crippen LogP contribution < -0.4 is 5.56 Å². The van der Waals surface area contributed by atoms with Crippen molar-refractivity contribution in [1.29, 1.82) is 0 Å². The Morgan fingerprint density at radius 3 is 2.62 bits per heavy atom. The van der Waals surface area contributed by atoms with Crippen LogP contribution in [0.2, 0.25) is 0 Å². The number of aromatic amines is 1. The van der Waals surface area contributed by atoms with Crippen LogP contribution in [0.3, 0.4) is 0 Å². The molecule has 1 aliphatic rings. The van der Waals surface area contributed by atoms with Gasteiger partial charge in [0.1, 0.15) is 5.82 Å². The lowest BCUT2D eigenvalue weighted by molar-refractivity contribution is -0.0390. The van der Waals surface area contributed by atoms with Crippen molar-refractivity contribution < 1.29 is 9.50 Å². The van der Waals surface area contributed by atoms with Gasteiger partial charge in [-0.1, -0.05) is 6.07 Å². The topological polar surface area (TPSA) is 83.8 Å². The molecule has 3 heterocycles. The van der Waals surface area contributed by atoms with Crippen LogP contribution in [0.15, 0.2) is 53.6 Å². The lowest BCUT2D eigenvalue weighted by Crippen LogP contribution is -2.33. The summed E-state index contributed by atoms with van der Waals surface area (Å²) >= 11 is 0. The molecule has 0 radical (unpaired) electrons. The van der Waals surface area contributed by atoms with Gasteiger partial charge in [-0.05, 0) is 49.6 Å². The number of hydrogen-bond donors (Lipinski definition) is 2. The molecule has 1 saturated carbocycles. The van der Waals surface area contributed by atoms with Gasteiger partial charge in [0.05, 0.1) is 28.1 Å². The fourth-order valence-electron chi connectivity index (χ4n) is 3.93. The van der Waals surface area contributed by atoms with Crippen LogP contribution in [0.25, 0.3) is 33.4 Å². The van der Waals surface area contributed by atoms with Crippen molar-refractivity contribution in [3.05, 3.63) is 70.5 Å². The molecule has 1 fully saturated rings. The van der Waals surface area contributed by atoms with Crippen molar-refractivity contribution in [3.63, 3.8) is 0 Å². The summed E-state index contributed by atoms with van der Waals surface area (Å²) in [7, 11) is 1.62. The summed E-state index contributed by atoms with van der Waals surface area (Å²) in [5.41, 5.74) is 1.89. The van der Waals surface area contributed by atoms with Crippen LogP contribution in [-0.2, 0) is 12.6 Å². The summed E-state index contributed by atoms with van der Waals surface area (Å²) in [6.07, 6.45) is 5.59. The predicted octanol–water partition coefficient (Wildman–Crippen LogP) is 3.50. The Bertz CT molecular complexity index is 1270. The first-order chi connectivity index (χ1) is 14.0. The molecule has 5 rings (SSSR count). The third-order valence-electron chi connectivity index (χ3n) is 5.89. The fraction of sp³-hybridized carbons (Fsp3) is 0.227. The number of halogens is 1. The average Bonchev–Trinajstić information content (AvgIpc) is 3.24. The van der Waals surface area contributed by atoms with Gasteiger partial charge in [0.2, 0.25) is 0 Å². The summed E-state index contributed by atoms with van der Waals surface area (Å²) < 4.78 is 16.7. The number of pyridine rings is 2. The van der Waals surface area contributed by atoms with Crippen LogP contribution in [0, 0.1) is 5.82 Å². The number of fused-ring (bicyclic) bond motifs is 1. The Hall–Kier alpha value is -3.32. The van der Waals surface area contributed by atoms with Crippen LogP contribution in [-0.4, -0.2) is 24.9 Å². The molecule has 2 N–H and O–H groups in total. The average molecular weight is 390 g/mol. The second kappa shape index (κ2) is 6.35. The Morgan fingerprint density at radius 1 is 1.17 bits per heavy atom. The lowest BCUT2D eigenvalue weighted by Gasteiger charge is -2.36. The van der Waals surface area contributed by atoms with Crippen molar-refractivity contribution >= 4 is 10.9 Å². The van der Waals surface area contributed by atoms with Crippen LogP contribution in [0.4, 0.5) is 4.39 Å². The molecule has 0 aliphatic heterocycles. The Balaban J connectivity index is 1.67. The van der Waals surface area contributed by atoms with E-state index in [0.29, 0.717) is 46.3 Å². The van der Waals surface area contributed by atoms with Crippen molar-refractivity contribution in [2.24, 2.45) is 7.05 Å². The summed E-state index contributed by atoms with van der Waals surface area (Å²) in [5, 5.41) is 17.5. The Morgan fingerprint density at radius 2 is 2.00 bits per heavy atom. The molecule has 146 valence electrons. The highest BCUT2D eigenvalue weighted by Crippen LogP contribution is 2.41. The van der Waals surface area contributed by atoms with Crippen LogP contribution in [0.1, 0.15) is 24.8 Å². The van der Waals surface area contributed by atoms with E-state index in [1.165, 1.54) is 4.57 Å². The number of aryl methyl sites for hydroxylation is 1. The maximum absolute atomic E-state index is 15.3. The minimum Gasteiger partial charge on any atom is -0.385 e. The highest BCUT2D eigenvalue weighted by atomic mass is 19.1. The van der Waals surface area contributed by atoms with Crippen molar-refractivity contribution in [2.45, 2.75) is 24.9 Å². The summed E-state index contributed by atoms with van der Waals surface area (Å²) in [5.74, 6) is -0.427. The van der Waals surface area contributed by atoms with Crippen molar-refractivity contribution in [3.8, 4) is 22.5 Å². The first kappa shape index (κ1) is 17.8. The van der Waals surface area contributed by atoms with Crippen LogP contribution >= 0.6 is 0 Å². The molecule has 1 aliphatic carbocycles. The number of rotatable bonds is 3. The number of aliphatic hydroxyl groups is 1. The minimum atomic E-state index is -0.815. The zero-order valence-corrected chi connectivity index (χ0v) is 15.8. The molecule has 4 aromatic rings. The molecule has 0 unspecified atom stereocenters. The van der Waals surface area contributed by atoms with Gasteiger partial charge in [0, 0.05) is 36.0 Å². The zero-order valence-electron chi connectivity index (χ0n) is 15.8. The van der Waals surface area contributed by atoms with Gasteiger partial charge in [-0.25, -0.2) is 4.39 Å².